The highest BCUT2D eigenvalue weighted by atomic mass is 32.2. The number of likely N-dealkylation sites (tertiary alicyclic amines) is 1. The number of aryl methyl sites for hydroxylation is 2. The zero-order valence-corrected chi connectivity index (χ0v) is 14.1. The molecule has 2 rings (SSSR count). The average molecular weight is 324 g/mol. The molecule has 1 aliphatic rings. The molecule has 0 saturated carbocycles. The number of hydrogen-bond acceptors (Lipinski definition) is 3. The van der Waals surface area contributed by atoms with Gasteiger partial charge < -0.3 is 4.90 Å². The number of carbonyl (C=O) groups excluding carboxylic acids is 1. The summed E-state index contributed by atoms with van der Waals surface area (Å²) in [7, 11) is -3.65. The molecule has 6 heteroatoms. The normalized spacial score (nSPS) is 16.4. The highest BCUT2D eigenvalue weighted by molar-refractivity contribution is 7.89. The smallest absolute Gasteiger partial charge is 0.241 e. The lowest BCUT2D eigenvalue weighted by Gasteiger charge is -2.20. The zero-order valence-electron chi connectivity index (χ0n) is 13.3. The van der Waals surface area contributed by atoms with Crippen molar-refractivity contribution in [3.05, 3.63) is 29.3 Å². The van der Waals surface area contributed by atoms with Crippen LogP contribution in [0.25, 0.3) is 0 Å². The second kappa shape index (κ2) is 7.24. The molecule has 1 N–H and O–H groups in total. The van der Waals surface area contributed by atoms with Crippen LogP contribution in [0.1, 0.15) is 36.8 Å². The maximum absolute atomic E-state index is 12.3. The Balaban J connectivity index is 2.01. The summed E-state index contributed by atoms with van der Waals surface area (Å²) in [5.41, 5.74) is 1.70. The molecule has 0 atom stereocenters. The number of nitrogens with one attached hydrogen (secondary N) is 1. The third-order valence-corrected chi connectivity index (χ3v) is 5.55. The predicted molar refractivity (Wildman–Crippen MR) is 86.2 cm³/mol. The van der Waals surface area contributed by atoms with Gasteiger partial charge in [-0.1, -0.05) is 30.5 Å². The highest BCUT2D eigenvalue weighted by Crippen LogP contribution is 2.16. The van der Waals surface area contributed by atoms with Crippen molar-refractivity contribution in [2.45, 2.75) is 44.4 Å². The van der Waals surface area contributed by atoms with E-state index >= 15 is 0 Å². The molecule has 0 radical (unpaired) electrons. The minimum Gasteiger partial charge on any atom is -0.342 e. The molecule has 22 heavy (non-hydrogen) atoms. The van der Waals surface area contributed by atoms with Crippen molar-refractivity contribution in [1.82, 2.24) is 9.62 Å². The topological polar surface area (TPSA) is 66.5 Å². The van der Waals surface area contributed by atoms with Crippen LogP contribution in [0.5, 0.6) is 0 Å². The number of benzene rings is 1. The van der Waals surface area contributed by atoms with Gasteiger partial charge in [0.1, 0.15) is 0 Å². The summed E-state index contributed by atoms with van der Waals surface area (Å²) in [5, 5.41) is 0. The summed E-state index contributed by atoms with van der Waals surface area (Å²) < 4.78 is 27.1. The number of hydrogen-bond donors (Lipinski definition) is 1. The number of amides is 1. The van der Waals surface area contributed by atoms with Gasteiger partial charge in [0.25, 0.3) is 0 Å². The van der Waals surface area contributed by atoms with Crippen LogP contribution in [-0.4, -0.2) is 38.9 Å². The fourth-order valence-corrected chi connectivity index (χ4v) is 3.97. The quantitative estimate of drug-likeness (QED) is 0.921. The van der Waals surface area contributed by atoms with Crippen LogP contribution in [0.3, 0.4) is 0 Å². The Labute approximate surface area is 132 Å². The Hall–Kier alpha value is -1.40. The third kappa shape index (κ3) is 4.30. The maximum Gasteiger partial charge on any atom is 0.241 e. The largest absolute Gasteiger partial charge is 0.342 e. The zero-order chi connectivity index (χ0) is 16.2. The SMILES string of the molecule is Cc1ccc(S(=O)(=O)NCC(=O)N2CCCCCC2)c(C)c1. The van der Waals surface area contributed by atoms with Crippen LogP contribution >= 0.6 is 0 Å². The molecule has 0 aliphatic carbocycles. The lowest BCUT2D eigenvalue weighted by molar-refractivity contribution is -0.129. The van der Waals surface area contributed by atoms with E-state index in [2.05, 4.69) is 4.72 Å². The summed E-state index contributed by atoms with van der Waals surface area (Å²) in [5.74, 6) is -0.143. The molecule has 0 aromatic heterocycles. The first-order valence-corrected chi connectivity index (χ1v) is 9.23. The van der Waals surface area contributed by atoms with Crippen molar-refractivity contribution in [2.75, 3.05) is 19.6 Å². The highest BCUT2D eigenvalue weighted by Gasteiger charge is 2.21. The summed E-state index contributed by atoms with van der Waals surface area (Å²) >= 11 is 0. The first-order chi connectivity index (χ1) is 10.4. The van der Waals surface area contributed by atoms with E-state index in [-0.39, 0.29) is 17.3 Å². The van der Waals surface area contributed by atoms with Gasteiger partial charge in [0.2, 0.25) is 15.9 Å². The van der Waals surface area contributed by atoms with Crippen molar-refractivity contribution in [2.24, 2.45) is 0 Å². The Morgan fingerprint density at radius 1 is 1.14 bits per heavy atom. The molecule has 1 heterocycles. The number of rotatable bonds is 4. The summed E-state index contributed by atoms with van der Waals surface area (Å²) in [6, 6.07) is 5.17. The molecular formula is C16H24N2O3S. The van der Waals surface area contributed by atoms with Crippen LogP contribution in [0.15, 0.2) is 23.1 Å². The second-order valence-electron chi connectivity index (χ2n) is 5.89. The van der Waals surface area contributed by atoms with Crippen LogP contribution in [-0.2, 0) is 14.8 Å². The molecule has 0 unspecified atom stereocenters. The Morgan fingerprint density at radius 2 is 1.77 bits per heavy atom. The van der Waals surface area contributed by atoms with E-state index in [1.165, 1.54) is 0 Å². The fourth-order valence-electron chi connectivity index (χ4n) is 2.77. The maximum atomic E-state index is 12.3. The minimum atomic E-state index is -3.65. The van der Waals surface area contributed by atoms with E-state index in [1.54, 1.807) is 24.0 Å². The van der Waals surface area contributed by atoms with Crippen LogP contribution in [0.4, 0.5) is 0 Å². The van der Waals surface area contributed by atoms with Crippen molar-refractivity contribution in [3.8, 4) is 0 Å². The first kappa shape index (κ1) is 17.0. The molecule has 0 bridgehead atoms. The van der Waals surface area contributed by atoms with Gasteiger partial charge in [-0.05, 0) is 38.3 Å². The van der Waals surface area contributed by atoms with Gasteiger partial charge in [-0.2, -0.15) is 0 Å². The van der Waals surface area contributed by atoms with Crippen molar-refractivity contribution >= 4 is 15.9 Å². The standard InChI is InChI=1S/C16H24N2O3S/c1-13-7-8-15(14(2)11-13)22(20,21)17-12-16(19)18-9-5-3-4-6-10-18/h7-8,11,17H,3-6,9-10,12H2,1-2H3. The van der Waals surface area contributed by atoms with Crippen LogP contribution in [0, 0.1) is 13.8 Å². The van der Waals surface area contributed by atoms with Gasteiger partial charge in [0.15, 0.2) is 0 Å². The van der Waals surface area contributed by atoms with E-state index in [0.717, 1.165) is 44.3 Å². The summed E-state index contributed by atoms with van der Waals surface area (Å²) in [6.45, 7) is 4.96. The average Bonchev–Trinajstić information content (AvgIpc) is 2.73. The lowest BCUT2D eigenvalue weighted by Crippen LogP contribution is -2.40. The lowest BCUT2D eigenvalue weighted by atomic mass is 10.2. The number of nitrogens with zero attached hydrogens (tertiary/aromatic N) is 1. The minimum absolute atomic E-state index is 0.143. The molecule has 1 aliphatic heterocycles. The van der Waals surface area contributed by atoms with E-state index in [9.17, 15) is 13.2 Å². The fraction of sp³-hybridized carbons (Fsp3) is 0.562. The van der Waals surface area contributed by atoms with E-state index < -0.39 is 10.0 Å². The summed E-state index contributed by atoms with van der Waals surface area (Å²) in [4.78, 5) is 14.2. The molecule has 1 aromatic carbocycles. The van der Waals surface area contributed by atoms with Crippen molar-refractivity contribution < 1.29 is 13.2 Å². The van der Waals surface area contributed by atoms with Gasteiger partial charge in [0, 0.05) is 13.1 Å². The Morgan fingerprint density at radius 3 is 2.36 bits per heavy atom. The monoisotopic (exact) mass is 324 g/mol. The van der Waals surface area contributed by atoms with E-state index in [4.69, 9.17) is 0 Å². The van der Waals surface area contributed by atoms with Crippen molar-refractivity contribution in [3.63, 3.8) is 0 Å². The molecule has 1 aromatic rings. The first-order valence-electron chi connectivity index (χ1n) is 7.75. The van der Waals surface area contributed by atoms with Crippen molar-refractivity contribution in [1.29, 1.82) is 0 Å². The molecule has 122 valence electrons. The Bertz CT molecular complexity index is 633. The third-order valence-electron chi connectivity index (χ3n) is 3.99. The van der Waals surface area contributed by atoms with E-state index in [0.29, 0.717) is 5.56 Å². The predicted octanol–water partition coefficient (Wildman–Crippen LogP) is 1.98. The molecule has 1 fully saturated rings. The summed E-state index contributed by atoms with van der Waals surface area (Å²) in [6.07, 6.45) is 4.27. The van der Waals surface area contributed by atoms with Crippen LogP contribution < -0.4 is 4.72 Å². The molecule has 1 amide bonds. The molecular weight excluding hydrogens is 300 g/mol. The second-order valence-corrected chi connectivity index (χ2v) is 7.62. The Kier molecular flexibility index (Phi) is 5.58. The van der Waals surface area contributed by atoms with Gasteiger partial charge in [-0.3, -0.25) is 4.79 Å². The van der Waals surface area contributed by atoms with E-state index in [1.807, 2.05) is 13.0 Å². The van der Waals surface area contributed by atoms with Gasteiger partial charge in [-0.15, -0.1) is 0 Å². The molecule has 0 spiro atoms. The van der Waals surface area contributed by atoms with Gasteiger partial charge >= 0.3 is 0 Å². The molecule has 5 nitrogen and oxygen atoms in total. The number of sulfonamides is 1. The van der Waals surface area contributed by atoms with Gasteiger partial charge in [0.05, 0.1) is 11.4 Å². The van der Waals surface area contributed by atoms with Crippen LogP contribution in [0.2, 0.25) is 0 Å². The number of carbonyl (C=O) groups is 1. The van der Waals surface area contributed by atoms with Gasteiger partial charge in [-0.25, -0.2) is 13.1 Å². The molecule has 1 saturated heterocycles.